The fourth-order valence-corrected chi connectivity index (χ4v) is 2.61. The van der Waals surface area contributed by atoms with Crippen LogP contribution in [-0.4, -0.2) is 33.5 Å². The fraction of sp³-hybridized carbons (Fsp3) is 0.417. The van der Waals surface area contributed by atoms with Crippen LogP contribution in [0, 0.1) is 16.0 Å². The average molecular weight is 285 g/mol. The first-order valence-corrected chi connectivity index (χ1v) is 6.81. The Bertz CT molecular complexity index is 477. The molecule has 0 saturated carbocycles. The number of thioether (sulfide) groups is 1. The number of aromatic carboxylic acids is 1. The molecule has 2 N–H and O–H groups in total. The summed E-state index contributed by atoms with van der Waals surface area (Å²) in [4.78, 5) is 21.3. The molecule has 0 amide bonds. The number of hydrogen-bond acceptors (Lipinski definition) is 5. The summed E-state index contributed by atoms with van der Waals surface area (Å²) in [5, 5.41) is 28.8. The Kier molecular flexibility index (Phi) is 5.78. The molecular weight excluding hydrogens is 270 g/mol. The van der Waals surface area contributed by atoms with E-state index >= 15 is 0 Å². The maximum atomic E-state index is 11.1. The van der Waals surface area contributed by atoms with Crippen LogP contribution in [0.3, 0.4) is 0 Å². The molecule has 0 bridgehead atoms. The molecule has 0 saturated heterocycles. The highest BCUT2D eigenvalue weighted by Gasteiger charge is 2.23. The molecule has 0 aliphatic carbocycles. The zero-order chi connectivity index (χ0) is 14.4. The standard InChI is InChI=1S/C12H15NO5S/c1-8(5-14)6-19-7-9-3-2-4-10(13(17)18)11(9)12(15)16/h2-4,8,14H,5-7H2,1H3,(H,15,16). The number of nitrogens with zero attached hydrogens (tertiary/aromatic N) is 1. The van der Waals surface area contributed by atoms with E-state index in [1.807, 2.05) is 6.92 Å². The van der Waals surface area contributed by atoms with Gasteiger partial charge in [0.1, 0.15) is 5.56 Å². The number of aliphatic hydroxyl groups excluding tert-OH is 1. The van der Waals surface area contributed by atoms with Crippen LogP contribution in [0.2, 0.25) is 0 Å². The Hall–Kier alpha value is -1.60. The van der Waals surface area contributed by atoms with Crippen LogP contribution >= 0.6 is 11.8 Å². The Labute approximate surface area is 114 Å². The van der Waals surface area contributed by atoms with Gasteiger partial charge in [-0.3, -0.25) is 10.1 Å². The lowest BCUT2D eigenvalue weighted by Gasteiger charge is -2.09. The molecule has 0 aromatic heterocycles. The first-order chi connectivity index (χ1) is 8.97. The summed E-state index contributed by atoms with van der Waals surface area (Å²) >= 11 is 1.45. The van der Waals surface area contributed by atoms with Crippen molar-refractivity contribution in [3.8, 4) is 0 Å². The van der Waals surface area contributed by atoms with E-state index in [2.05, 4.69) is 0 Å². The quantitative estimate of drug-likeness (QED) is 0.588. The third-order valence-corrected chi connectivity index (χ3v) is 3.83. The maximum Gasteiger partial charge on any atom is 0.343 e. The lowest BCUT2D eigenvalue weighted by molar-refractivity contribution is -0.385. The van der Waals surface area contributed by atoms with Crippen LogP contribution in [0.25, 0.3) is 0 Å². The summed E-state index contributed by atoms with van der Waals surface area (Å²) in [6.07, 6.45) is 0. The average Bonchev–Trinajstić information content (AvgIpc) is 2.37. The predicted molar refractivity (Wildman–Crippen MR) is 72.5 cm³/mol. The predicted octanol–water partition coefficient (Wildman–Crippen LogP) is 2.15. The second-order valence-electron chi connectivity index (χ2n) is 4.18. The number of nitro groups is 1. The van der Waals surface area contributed by atoms with Crippen LogP contribution in [0.4, 0.5) is 5.69 Å². The van der Waals surface area contributed by atoms with Crippen molar-refractivity contribution in [1.82, 2.24) is 0 Å². The molecule has 0 aliphatic rings. The van der Waals surface area contributed by atoms with Gasteiger partial charge in [0.15, 0.2) is 0 Å². The second-order valence-corrected chi connectivity index (χ2v) is 5.21. The van der Waals surface area contributed by atoms with E-state index in [1.165, 1.54) is 23.9 Å². The van der Waals surface area contributed by atoms with Gasteiger partial charge >= 0.3 is 5.97 Å². The van der Waals surface area contributed by atoms with Crippen LogP contribution < -0.4 is 0 Å². The highest BCUT2D eigenvalue weighted by atomic mass is 32.2. The summed E-state index contributed by atoms with van der Waals surface area (Å²) in [6, 6.07) is 4.25. The van der Waals surface area contributed by atoms with Crippen LogP contribution in [0.15, 0.2) is 18.2 Å². The fourth-order valence-electron chi connectivity index (χ4n) is 1.53. The summed E-state index contributed by atoms with van der Waals surface area (Å²) < 4.78 is 0. The molecule has 0 fully saturated rings. The molecule has 1 rings (SSSR count). The van der Waals surface area contributed by atoms with E-state index in [0.717, 1.165) is 0 Å². The van der Waals surface area contributed by atoms with E-state index < -0.39 is 10.9 Å². The molecule has 6 nitrogen and oxygen atoms in total. The number of rotatable bonds is 7. The molecule has 0 aliphatic heterocycles. The molecule has 1 unspecified atom stereocenters. The van der Waals surface area contributed by atoms with E-state index in [0.29, 0.717) is 17.1 Å². The van der Waals surface area contributed by atoms with Gasteiger partial charge in [-0.15, -0.1) is 0 Å². The number of carboxylic acids is 1. The van der Waals surface area contributed by atoms with Gasteiger partial charge in [0, 0.05) is 18.4 Å². The summed E-state index contributed by atoms with van der Waals surface area (Å²) in [5.74, 6) is -0.151. The van der Waals surface area contributed by atoms with Crippen LogP contribution in [-0.2, 0) is 5.75 Å². The van der Waals surface area contributed by atoms with Crippen LogP contribution in [0.1, 0.15) is 22.8 Å². The number of benzene rings is 1. The highest BCUT2D eigenvalue weighted by molar-refractivity contribution is 7.98. The van der Waals surface area contributed by atoms with Crippen molar-refractivity contribution in [2.24, 2.45) is 5.92 Å². The minimum absolute atomic E-state index is 0.0632. The SMILES string of the molecule is CC(CO)CSCc1cccc([N+](=O)[O-])c1C(=O)O. The summed E-state index contributed by atoms with van der Waals surface area (Å²) in [5.41, 5.74) is -0.214. The lowest BCUT2D eigenvalue weighted by Crippen LogP contribution is -2.08. The first-order valence-electron chi connectivity index (χ1n) is 5.65. The van der Waals surface area contributed by atoms with Gasteiger partial charge in [0.2, 0.25) is 0 Å². The number of hydrogen-bond donors (Lipinski definition) is 2. The van der Waals surface area contributed by atoms with Gasteiger partial charge in [-0.2, -0.15) is 11.8 Å². The number of carbonyl (C=O) groups is 1. The molecule has 7 heteroatoms. The van der Waals surface area contributed by atoms with E-state index in [-0.39, 0.29) is 23.8 Å². The Morgan fingerprint density at radius 1 is 1.53 bits per heavy atom. The maximum absolute atomic E-state index is 11.1. The number of carboxylic acid groups (broad SMARTS) is 1. The minimum Gasteiger partial charge on any atom is -0.477 e. The van der Waals surface area contributed by atoms with Gasteiger partial charge in [0.05, 0.1) is 4.92 Å². The van der Waals surface area contributed by atoms with Crippen molar-refractivity contribution >= 4 is 23.4 Å². The molecule has 1 aromatic carbocycles. The monoisotopic (exact) mass is 285 g/mol. The Balaban J connectivity index is 2.91. The lowest BCUT2D eigenvalue weighted by atomic mass is 10.1. The van der Waals surface area contributed by atoms with E-state index in [9.17, 15) is 14.9 Å². The Morgan fingerprint density at radius 3 is 2.74 bits per heavy atom. The molecule has 0 radical (unpaired) electrons. The number of nitro benzene ring substituents is 1. The van der Waals surface area contributed by atoms with Crippen molar-refractivity contribution in [2.45, 2.75) is 12.7 Å². The van der Waals surface area contributed by atoms with Crippen molar-refractivity contribution in [2.75, 3.05) is 12.4 Å². The largest absolute Gasteiger partial charge is 0.477 e. The van der Waals surface area contributed by atoms with Gasteiger partial charge in [-0.25, -0.2) is 4.79 Å². The van der Waals surface area contributed by atoms with Gasteiger partial charge in [-0.05, 0) is 17.2 Å². The smallest absolute Gasteiger partial charge is 0.343 e. The van der Waals surface area contributed by atoms with Crippen molar-refractivity contribution in [3.63, 3.8) is 0 Å². The van der Waals surface area contributed by atoms with Crippen molar-refractivity contribution in [3.05, 3.63) is 39.4 Å². The first kappa shape index (κ1) is 15.5. The topological polar surface area (TPSA) is 101 Å². The molecular formula is C12H15NO5S. The molecule has 0 spiro atoms. The minimum atomic E-state index is -1.29. The molecule has 19 heavy (non-hydrogen) atoms. The zero-order valence-electron chi connectivity index (χ0n) is 10.4. The van der Waals surface area contributed by atoms with E-state index in [1.54, 1.807) is 6.07 Å². The van der Waals surface area contributed by atoms with Crippen LogP contribution in [0.5, 0.6) is 0 Å². The molecule has 1 atom stereocenters. The zero-order valence-corrected chi connectivity index (χ0v) is 11.2. The third kappa shape index (κ3) is 4.22. The summed E-state index contributed by atoms with van der Waals surface area (Å²) in [7, 11) is 0. The number of aliphatic hydroxyl groups is 1. The van der Waals surface area contributed by atoms with Gasteiger partial charge < -0.3 is 10.2 Å². The van der Waals surface area contributed by atoms with Gasteiger partial charge in [0.25, 0.3) is 5.69 Å². The highest BCUT2D eigenvalue weighted by Crippen LogP contribution is 2.26. The van der Waals surface area contributed by atoms with Crippen molar-refractivity contribution < 1.29 is 19.9 Å². The van der Waals surface area contributed by atoms with Crippen molar-refractivity contribution in [1.29, 1.82) is 0 Å². The molecule has 1 aromatic rings. The molecule has 0 heterocycles. The second kappa shape index (κ2) is 7.10. The molecule has 104 valence electrons. The Morgan fingerprint density at radius 2 is 2.21 bits per heavy atom. The van der Waals surface area contributed by atoms with Gasteiger partial charge in [-0.1, -0.05) is 19.1 Å². The third-order valence-electron chi connectivity index (χ3n) is 2.51. The van der Waals surface area contributed by atoms with E-state index in [4.69, 9.17) is 10.2 Å². The normalized spacial score (nSPS) is 12.1. The summed E-state index contributed by atoms with van der Waals surface area (Å²) in [6.45, 7) is 1.94.